The number of halogens is 2. The fraction of sp³-hybridized carbons (Fsp3) is 0.654. The summed E-state index contributed by atoms with van der Waals surface area (Å²) < 4.78 is 50.0. The largest absolute Gasteiger partial charge is 0.458 e. The lowest BCUT2D eigenvalue weighted by Crippen LogP contribution is -2.64. The van der Waals surface area contributed by atoms with Gasteiger partial charge in [0, 0.05) is 23.7 Å². The molecule has 1 heterocycles. The van der Waals surface area contributed by atoms with Crippen LogP contribution < -0.4 is 0 Å². The number of carbonyl (C=O) groups is 3. The van der Waals surface area contributed by atoms with Gasteiger partial charge in [-0.1, -0.05) is 19.1 Å². The van der Waals surface area contributed by atoms with Crippen LogP contribution in [0.15, 0.2) is 36.0 Å². The quantitative estimate of drug-likeness (QED) is 0.456. The van der Waals surface area contributed by atoms with Gasteiger partial charge in [0.1, 0.15) is 11.8 Å². The standard InChI is InChI=1S/C26H30F2O6/c1-14(29)32-13-20(31)26-21(33-22(2,3)34-26)12-16-17-11-19(27)18-10-15(30)6-7-23(18,4)25(17,28)9-8-24(16,26)5/h6-10,16-17,19,21H,11-13H2,1-5H3/t16-,17-,19-,21+,23-,24-,25+,26+/m0/s1. The average Bonchev–Trinajstić information content (AvgIpc) is 3.15. The van der Waals surface area contributed by atoms with Crippen molar-refractivity contribution in [2.75, 3.05) is 6.61 Å². The van der Waals surface area contributed by atoms with Gasteiger partial charge in [-0.15, -0.1) is 0 Å². The first-order valence-electron chi connectivity index (χ1n) is 11.7. The van der Waals surface area contributed by atoms with E-state index in [0.717, 1.165) is 0 Å². The summed E-state index contributed by atoms with van der Waals surface area (Å²) in [5.41, 5.74) is -5.66. The number of alkyl halides is 2. The molecule has 4 aliphatic carbocycles. The molecule has 5 rings (SSSR count). The minimum Gasteiger partial charge on any atom is -0.458 e. The number of ether oxygens (including phenoxy) is 3. The maximum absolute atomic E-state index is 17.1. The maximum atomic E-state index is 17.1. The molecule has 0 aromatic carbocycles. The monoisotopic (exact) mass is 476 g/mol. The maximum Gasteiger partial charge on any atom is 0.303 e. The van der Waals surface area contributed by atoms with E-state index in [-0.39, 0.29) is 24.2 Å². The van der Waals surface area contributed by atoms with E-state index in [1.807, 2.05) is 6.92 Å². The summed E-state index contributed by atoms with van der Waals surface area (Å²) in [5, 5.41) is 0. The molecule has 1 saturated heterocycles. The second kappa shape index (κ2) is 6.94. The number of ketones is 2. The molecule has 184 valence electrons. The molecule has 0 bridgehead atoms. The van der Waals surface area contributed by atoms with Crippen molar-refractivity contribution in [2.45, 2.75) is 76.8 Å². The van der Waals surface area contributed by atoms with Crippen LogP contribution in [0.3, 0.4) is 0 Å². The van der Waals surface area contributed by atoms with Crippen LogP contribution in [0, 0.1) is 22.7 Å². The Hall–Kier alpha value is -2.19. The van der Waals surface area contributed by atoms with Crippen molar-refractivity contribution in [3.05, 3.63) is 36.0 Å². The summed E-state index contributed by atoms with van der Waals surface area (Å²) in [7, 11) is 0. The fourth-order valence-electron chi connectivity index (χ4n) is 7.38. The summed E-state index contributed by atoms with van der Waals surface area (Å²) in [4.78, 5) is 37.0. The lowest BCUT2D eigenvalue weighted by Gasteiger charge is -2.58. The molecule has 0 radical (unpaired) electrons. The highest BCUT2D eigenvalue weighted by Gasteiger charge is 2.77. The van der Waals surface area contributed by atoms with Crippen molar-refractivity contribution in [2.24, 2.45) is 22.7 Å². The van der Waals surface area contributed by atoms with E-state index >= 15 is 8.78 Å². The molecule has 0 aromatic rings. The summed E-state index contributed by atoms with van der Waals surface area (Å²) in [6.07, 6.45) is 5.07. The van der Waals surface area contributed by atoms with E-state index in [0.29, 0.717) is 0 Å². The Balaban J connectivity index is 1.63. The van der Waals surface area contributed by atoms with Crippen LogP contribution >= 0.6 is 0 Å². The number of allylic oxidation sites excluding steroid dienone is 5. The Morgan fingerprint density at radius 3 is 2.50 bits per heavy atom. The van der Waals surface area contributed by atoms with Gasteiger partial charge in [0.2, 0.25) is 5.78 Å². The van der Waals surface area contributed by atoms with Crippen LogP contribution in [0.2, 0.25) is 0 Å². The van der Waals surface area contributed by atoms with Gasteiger partial charge < -0.3 is 14.2 Å². The topological polar surface area (TPSA) is 78.9 Å². The lowest BCUT2D eigenvalue weighted by atomic mass is 9.48. The molecule has 1 aliphatic heterocycles. The molecule has 0 aromatic heterocycles. The van der Waals surface area contributed by atoms with Gasteiger partial charge in [0.05, 0.1) is 6.10 Å². The third-order valence-corrected chi connectivity index (χ3v) is 8.92. The Labute approximate surface area is 197 Å². The Bertz CT molecular complexity index is 1080. The van der Waals surface area contributed by atoms with Gasteiger partial charge in [0.25, 0.3) is 0 Å². The van der Waals surface area contributed by atoms with Crippen LogP contribution in [0.25, 0.3) is 0 Å². The molecular weight excluding hydrogens is 446 g/mol. The van der Waals surface area contributed by atoms with E-state index < -0.39 is 70.4 Å². The lowest BCUT2D eigenvalue weighted by molar-refractivity contribution is -0.205. The average molecular weight is 477 g/mol. The van der Waals surface area contributed by atoms with Gasteiger partial charge in [-0.3, -0.25) is 14.4 Å². The number of Topliss-reactive ketones (excluding diaryl/α,β-unsaturated/α-hetero) is 1. The SMILES string of the molecule is CC(=O)OCC(=O)[C@@]12OC(C)(C)O[C@@H]1C[C@H]1[C@@H]3C[C@H](F)C4=CC(=O)C=C[C@]4(C)[C@@]3(F)C=C[C@@]12C. The van der Waals surface area contributed by atoms with Gasteiger partial charge >= 0.3 is 5.97 Å². The minimum atomic E-state index is -1.96. The van der Waals surface area contributed by atoms with Crippen LogP contribution in [0.1, 0.15) is 47.5 Å². The highest BCUT2D eigenvalue weighted by molar-refractivity contribution is 6.01. The molecule has 5 aliphatic rings. The van der Waals surface area contributed by atoms with Gasteiger partial charge in [-0.05, 0) is 63.3 Å². The van der Waals surface area contributed by atoms with Crippen molar-refractivity contribution in [1.82, 2.24) is 0 Å². The first kappa shape index (κ1) is 23.5. The van der Waals surface area contributed by atoms with Gasteiger partial charge in [0.15, 0.2) is 23.8 Å². The van der Waals surface area contributed by atoms with Crippen LogP contribution in [0.4, 0.5) is 8.78 Å². The zero-order chi connectivity index (χ0) is 24.9. The number of hydrogen-bond donors (Lipinski definition) is 0. The summed E-state index contributed by atoms with van der Waals surface area (Å²) in [6, 6.07) is 0. The Kier molecular flexibility index (Phi) is 4.81. The number of rotatable bonds is 3. The molecule has 0 spiro atoms. The zero-order valence-corrected chi connectivity index (χ0v) is 20.0. The van der Waals surface area contributed by atoms with Crippen LogP contribution in [-0.2, 0) is 28.6 Å². The van der Waals surface area contributed by atoms with Crippen LogP contribution in [0.5, 0.6) is 0 Å². The Morgan fingerprint density at radius 1 is 1.12 bits per heavy atom. The van der Waals surface area contributed by atoms with E-state index in [2.05, 4.69) is 0 Å². The van der Waals surface area contributed by atoms with Crippen molar-refractivity contribution < 1.29 is 37.4 Å². The second-order valence-corrected chi connectivity index (χ2v) is 11.1. The predicted octanol–water partition coefficient (Wildman–Crippen LogP) is 3.74. The molecule has 3 fully saturated rings. The number of carbonyl (C=O) groups excluding carboxylic acids is 3. The first-order valence-corrected chi connectivity index (χ1v) is 11.7. The summed E-state index contributed by atoms with van der Waals surface area (Å²) in [6.45, 7) is 7.58. The van der Waals surface area contributed by atoms with Crippen LogP contribution in [-0.4, -0.2) is 53.5 Å². The molecule has 6 nitrogen and oxygen atoms in total. The molecule has 34 heavy (non-hydrogen) atoms. The normalized spacial score (nSPS) is 47.9. The van der Waals surface area contributed by atoms with Crippen molar-refractivity contribution >= 4 is 17.5 Å². The van der Waals surface area contributed by atoms with Crippen molar-refractivity contribution in [3.63, 3.8) is 0 Å². The van der Waals surface area contributed by atoms with Gasteiger partial charge in [-0.25, -0.2) is 8.78 Å². The second-order valence-electron chi connectivity index (χ2n) is 11.1. The molecule has 0 N–H and O–H groups in total. The highest BCUT2D eigenvalue weighted by atomic mass is 19.1. The number of hydrogen-bond acceptors (Lipinski definition) is 6. The van der Waals surface area contributed by atoms with E-state index in [1.165, 1.54) is 31.2 Å². The van der Waals surface area contributed by atoms with Crippen molar-refractivity contribution in [1.29, 1.82) is 0 Å². The zero-order valence-electron chi connectivity index (χ0n) is 20.0. The molecule has 8 atom stereocenters. The first-order chi connectivity index (χ1) is 15.7. The molecule has 8 heteroatoms. The molecule has 0 unspecified atom stereocenters. The summed E-state index contributed by atoms with van der Waals surface area (Å²) >= 11 is 0. The van der Waals surface area contributed by atoms with E-state index in [1.54, 1.807) is 26.8 Å². The molecular formula is C26H30F2O6. The molecule has 0 amide bonds. The third-order valence-electron chi connectivity index (χ3n) is 8.92. The Morgan fingerprint density at radius 2 is 1.82 bits per heavy atom. The number of fused-ring (bicyclic) bond motifs is 7. The minimum absolute atomic E-state index is 0.117. The predicted molar refractivity (Wildman–Crippen MR) is 117 cm³/mol. The third kappa shape index (κ3) is 2.75. The highest BCUT2D eigenvalue weighted by Crippen LogP contribution is 2.70. The van der Waals surface area contributed by atoms with E-state index in [9.17, 15) is 14.4 Å². The van der Waals surface area contributed by atoms with Gasteiger partial charge in [-0.2, -0.15) is 0 Å². The smallest absolute Gasteiger partial charge is 0.303 e. The molecule has 2 saturated carbocycles. The van der Waals surface area contributed by atoms with E-state index in [4.69, 9.17) is 14.2 Å². The number of esters is 1. The fourth-order valence-corrected chi connectivity index (χ4v) is 7.38. The van der Waals surface area contributed by atoms with Crippen molar-refractivity contribution in [3.8, 4) is 0 Å². The summed E-state index contributed by atoms with van der Waals surface area (Å²) in [5.74, 6) is -3.74.